The fraction of sp³-hybridized carbons (Fsp3) is 0.222. The normalized spacial score (nSPS) is 11.7. The van der Waals surface area contributed by atoms with Crippen molar-refractivity contribution in [2.75, 3.05) is 5.32 Å². The van der Waals surface area contributed by atoms with E-state index < -0.39 is 27.5 Å². The van der Waals surface area contributed by atoms with Crippen molar-refractivity contribution in [2.45, 2.75) is 31.3 Å². The molecule has 27 heavy (non-hydrogen) atoms. The third kappa shape index (κ3) is 5.78. The van der Waals surface area contributed by atoms with Gasteiger partial charge < -0.3 is 10.1 Å². The van der Waals surface area contributed by atoms with Crippen LogP contribution in [0.3, 0.4) is 0 Å². The van der Waals surface area contributed by atoms with Crippen LogP contribution in [0.2, 0.25) is 5.02 Å². The number of nitrogens with two attached hydrogens (primary N) is 1. The van der Waals surface area contributed by atoms with Gasteiger partial charge in [-0.15, -0.1) is 0 Å². The molecule has 0 atom stereocenters. The number of halogens is 1. The Kier molecular flexibility index (Phi) is 5.94. The Bertz CT molecular complexity index is 980. The summed E-state index contributed by atoms with van der Waals surface area (Å²) in [5.74, 6) is -1.03. The molecule has 0 saturated carbocycles. The van der Waals surface area contributed by atoms with Crippen molar-refractivity contribution in [3.8, 4) is 0 Å². The molecule has 0 heterocycles. The number of benzene rings is 2. The van der Waals surface area contributed by atoms with E-state index in [0.29, 0.717) is 11.3 Å². The number of anilines is 1. The molecule has 7 nitrogen and oxygen atoms in total. The number of sulfonamides is 1. The number of carbonyl (C=O) groups excluding carboxylic acids is 2. The molecule has 3 N–H and O–H groups in total. The topological polar surface area (TPSA) is 116 Å². The molecule has 2 aromatic rings. The number of nitrogens with one attached hydrogen (secondary N) is 1. The van der Waals surface area contributed by atoms with Gasteiger partial charge in [0.1, 0.15) is 10.5 Å². The molecule has 0 aliphatic rings. The monoisotopic (exact) mass is 410 g/mol. The Hall–Kier alpha value is -2.42. The van der Waals surface area contributed by atoms with Crippen molar-refractivity contribution in [3.63, 3.8) is 0 Å². The maximum atomic E-state index is 12.3. The van der Waals surface area contributed by atoms with E-state index in [0.717, 1.165) is 6.07 Å². The molecule has 2 rings (SSSR count). The number of carbonyl (C=O) groups is 2. The molecule has 0 unspecified atom stereocenters. The minimum absolute atomic E-state index is 0.0691. The van der Waals surface area contributed by atoms with Crippen molar-refractivity contribution >= 4 is 39.2 Å². The summed E-state index contributed by atoms with van der Waals surface area (Å²) in [6, 6.07) is 9.86. The van der Waals surface area contributed by atoms with Crippen LogP contribution < -0.4 is 10.5 Å². The molecule has 2 aromatic carbocycles. The summed E-state index contributed by atoms with van der Waals surface area (Å²) in [5.41, 5.74) is 0.213. The van der Waals surface area contributed by atoms with Crippen LogP contribution in [0, 0.1) is 0 Å². The zero-order valence-corrected chi connectivity index (χ0v) is 16.5. The summed E-state index contributed by atoms with van der Waals surface area (Å²) in [6.07, 6.45) is 0. The summed E-state index contributed by atoms with van der Waals surface area (Å²) in [4.78, 5) is 24.0. The molecule has 0 aliphatic heterocycles. The van der Waals surface area contributed by atoms with Crippen LogP contribution in [0.1, 0.15) is 41.5 Å². The maximum Gasteiger partial charge on any atom is 0.338 e. The van der Waals surface area contributed by atoms with Crippen LogP contribution in [-0.4, -0.2) is 25.9 Å². The zero-order chi connectivity index (χ0) is 20.4. The highest BCUT2D eigenvalue weighted by molar-refractivity contribution is 7.89. The second-order valence-electron chi connectivity index (χ2n) is 6.72. The van der Waals surface area contributed by atoms with E-state index in [-0.39, 0.29) is 15.5 Å². The van der Waals surface area contributed by atoms with Crippen molar-refractivity contribution in [3.05, 3.63) is 58.6 Å². The summed E-state index contributed by atoms with van der Waals surface area (Å²) in [7, 11) is -4.06. The van der Waals surface area contributed by atoms with Crippen molar-refractivity contribution in [1.29, 1.82) is 0 Å². The number of primary sulfonamides is 1. The first-order chi connectivity index (χ1) is 12.4. The predicted octanol–water partition coefficient (Wildman–Crippen LogP) is 3.20. The van der Waals surface area contributed by atoms with E-state index in [4.69, 9.17) is 21.5 Å². The molecule has 0 saturated heterocycles. The number of esters is 1. The maximum absolute atomic E-state index is 12.3. The molecule has 0 fully saturated rings. The van der Waals surface area contributed by atoms with Gasteiger partial charge in [0.15, 0.2) is 0 Å². The highest BCUT2D eigenvalue weighted by Gasteiger charge is 2.19. The summed E-state index contributed by atoms with van der Waals surface area (Å²) >= 11 is 5.80. The SMILES string of the molecule is CC(C)(C)OC(=O)c1ccc(NC(=O)c2ccc(Cl)c(S(N)(=O)=O)c2)cc1. The average molecular weight is 411 g/mol. The minimum Gasteiger partial charge on any atom is -0.456 e. The third-order valence-corrected chi connectivity index (χ3v) is 4.67. The predicted molar refractivity (Wildman–Crippen MR) is 102 cm³/mol. The first kappa shape index (κ1) is 20.9. The number of hydrogen-bond donors (Lipinski definition) is 2. The van der Waals surface area contributed by atoms with Gasteiger partial charge in [-0.05, 0) is 63.2 Å². The van der Waals surface area contributed by atoms with Gasteiger partial charge in [0.2, 0.25) is 10.0 Å². The van der Waals surface area contributed by atoms with Crippen molar-refractivity contribution in [1.82, 2.24) is 0 Å². The summed E-state index contributed by atoms with van der Waals surface area (Å²) in [5, 5.41) is 7.61. The van der Waals surface area contributed by atoms with Gasteiger partial charge in [-0.1, -0.05) is 11.6 Å². The van der Waals surface area contributed by atoms with E-state index in [1.54, 1.807) is 20.8 Å². The third-order valence-electron chi connectivity index (χ3n) is 3.28. The van der Waals surface area contributed by atoms with Crippen LogP contribution in [0.25, 0.3) is 0 Å². The average Bonchev–Trinajstić information content (AvgIpc) is 2.53. The smallest absolute Gasteiger partial charge is 0.338 e. The lowest BCUT2D eigenvalue weighted by Gasteiger charge is -2.19. The van der Waals surface area contributed by atoms with Crippen molar-refractivity contribution in [2.24, 2.45) is 5.14 Å². The fourth-order valence-electron chi connectivity index (χ4n) is 2.09. The lowest BCUT2D eigenvalue weighted by molar-refractivity contribution is 0.00694. The number of rotatable bonds is 4. The second kappa shape index (κ2) is 7.67. The fourth-order valence-corrected chi connectivity index (χ4v) is 3.16. The van der Waals surface area contributed by atoms with Gasteiger partial charge in [-0.2, -0.15) is 0 Å². The Labute approximate surface area is 162 Å². The lowest BCUT2D eigenvalue weighted by atomic mass is 10.1. The number of hydrogen-bond acceptors (Lipinski definition) is 5. The molecule has 0 aliphatic carbocycles. The van der Waals surface area contributed by atoms with E-state index in [2.05, 4.69) is 5.32 Å². The molecule has 0 bridgehead atoms. The molecule has 0 radical (unpaired) electrons. The molecular formula is C18H19ClN2O5S. The van der Waals surface area contributed by atoms with E-state index in [1.807, 2.05) is 0 Å². The molecule has 144 valence electrons. The first-order valence-corrected chi connectivity index (χ1v) is 9.76. The van der Waals surface area contributed by atoms with E-state index in [9.17, 15) is 18.0 Å². The van der Waals surface area contributed by atoms with Gasteiger partial charge in [0.05, 0.1) is 10.6 Å². The quantitative estimate of drug-likeness (QED) is 0.751. The zero-order valence-electron chi connectivity index (χ0n) is 14.9. The van der Waals surface area contributed by atoms with Gasteiger partial charge in [0.25, 0.3) is 5.91 Å². The Balaban J connectivity index is 2.16. The number of amides is 1. The van der Waals surface area contributed by atoms with Gasteiger partial charge >= 0.3 is 5.97 Å². The Morgan fingerprint density at radius 3 is 2.11 bits per heavy atom. The standard InChI is InChI=1S/C18H19ClN2O5S/c1-18(2,3)26-17(23)11-4-7-13(8-5-11)21-16(22)12-6-9-14(19)15(10-12)27(20,24)25/h4-10H,1-3H3,(H,21,22)(H2,20,24,25). The molecule has 0 aromatic heterocycles. The van der Waals surface area contributed by atoms with Gasteiger partial charge in [-0.25, -0.2) is 18.4 Å². The van der Waals surface area contributed by atoms with Crippen LogP contribution in [0.4, 0.5) is 5.69 Å². The van der Waals surface area contributed by atoms with Crippen molar-refractivity contribution < 1.29 is 22.7 Å². The second-order valence-corrected chi connectivity index (χ2v) is 8.66. The molecule has 0 spiro atoms. The lowest BCUT2D eigenvalue weighted by Crippen LogP contribution is -2.23. The number of ether oxygens (including phenoxy) is 1. The van der Waals surface area contributed by atoms with Crippen LogP contribution >= 0.6 is 11.6 Å². The molecular weight excluding hydrogens is 392 g/mol. The minimum atomic E-state index is -4.06. The van der Waals surface area contributed by atoms with Gasteiger partial charge in [-0.3, -0.25) is 4.79 Å². The Morgan fingerprint density at radius 1 is 1.04 bits per heavy atom. The van der Waals surface area contributed by atoms with Crippen LogP contribution in [-0.2, 0) is 14.8 Å². The van der Waals surface area contributed by atoms with E-state index in [1.165, 1.54) is 36.4 Å². The highest BCUT2D eigenvalue weighted by Crippen LogP contribution is 2.22. The highest BCUT2D eigenvalue weighted by atomic mass is 35.5. The molecule has 9 heteroatoms. The van der Waals surface area contributed by atoms with Crippen LogP contribution in [0.5, 0.6) is 0 Å². The molecule has 1 amide bonds. The summed E-state index contributed by atoms with van der Waals surface area (Å²) < 4.78 is 28.3. The Morgan fingerprint density at radius 2 is 1.59 bits per heavy atom. The summed E-state index contributed by atoms with van der Waals surface area (Å²) in [6.45, 7) is 5.30. The van der Waals surface area contributed by atoms with E-state index >= 15 is 0 Å². The van der Waals surface area contributed by atoms with Gasteiger partial charge in [0, 0.05) is 11.3 Å². The largest absolute Gasteiger partial charge is 0.456 e. The first-order valence-electron chi connectivity index (χ1n) is 7.84. The van der Waals surface area contributed by atoms with Crippen LogP contribution in [0.15, 0.2) is 47.4 Å².